The van der Waals surface area contributed by atoms with Crippen LogP contribution in [0.4, 0.5) is 5.69 Å². The van der Waals surface area contributed by atoms with Gasteiger partial charge in [0.15, 0.2) is 5.11 Å². The molecule has 0 unspecified atom stereocenters. The monoisotopic (exact) mass is 525 g/mol. The van der Waals surface area contributed by atoms with Crippen molar-refractivity contribution < 1.29 is 9.90 Å². The number of anilines is 1. The highest BCUT2D eigenvalue weighted by atomic mass is 32.1. The van der Waals surface area contributed by atoms with E-state index in [1.54, 1.807) is 12.3 Å². The number of aromatic nitrogens is 2. The number of rotatable bonds is 7. The van der Waals surface area contributed by atoms with Gasteiger partial charge < -0.3 is 25.2 Å². The Balaban J connectivity index is 1.48. The van der Waals surface area contributed by atoms with Crippen LogP contribution in [0, 0.1) is 20.8 Å². The molecule has 1 fully saturated rings. The van der Waals surface area contributed by atoms with Crippen LogP contribution in [-0.2, 0) is 4.79 Å². The number of nitrogens with zero attached hydrogens (tertiary/aromatic N) is 3. The number of hydrogen-bond donors (Lipinski definition) is 3. The first-order chi connectivity index (χ1) is 18.3. The number of phenolic OH excluding ortho intramolecular Hbond substituents is 1. The van der Waals surface area contributed by atoms with Crippen molar-refractivity contribution >= 4 is 28.9 Å². The maximum absolute atomic E-state index is 12.9. The SMILES string of the molecule is Cc1ccccc1NC(=O)CCN1C(=S)N[C@@H](c2ccccn2)[C@@H]1c1cc(C)n(-c2ccccc2O)c1C. The molecule has 0 radical (unpaired) electrons. The average Bonchev–Trinajstić information content (AvgIpc) is 3.39. The normalized spacial score (nSPS) is 16.9. The van der Waals surface area contributed by atoms with Crippen LogP contribution in [0.3, 0.4) is 0 Å². The number of benzene rings is 2. The third-order valence-corrected chi connectivity index (χ3v) is 7.46. The Morgan fingerprint density at radius 2 is 1.79 bits per heavy atom. The highest BCUT2D eigenvalue weighted by Crippen LogP contribution is 2.42. The fourth-order valence-corrected chi connectivity index (χ4v) is 5.58. The number of aryl methyl sites for hydroxylation is 2. The Morgan fingerprint density at radius 1 is 1.05 bits per heavy atom. The molecule has 5 rings (SSSR count). The lowest BCUT2D eigenvalue weighted by molar-refractivity contribution is -0.116. The summed E-state index contributed by atoms with van der Waals surface area (Å²) in [4.78, 5) is 19.6. The summed E-state index contributed by atoms with van der Waals surface area (Å²) in [5.74, 6) is 0.147. The first-order valence-corrected chi connectivity index (χ1v) is 13.1. The van der Waals surface area contributed by atoms with Gasteiger partial charge in [-0.1, -0.05) is 36.4 Å². The molecule has 2 atom stereocenters. The van der Waals surface area contributed by atoms with Gasteiger partial charge in [0.25, 0.3) is 0 Å². The smallest absolute Gasteiger partial charge is 0.226 e. The lowest BCUT2D eigenvalue weighted by Gasteiger charge is -2.28. The van der Waals surface area contributed by atoms with Gasteiger partial charge in [-0.25, -0.2) is 0 Å². The lowest BCUT2D eigenvalue weighted by Crippen LogP contribution is -2.33. The van der Waals surface area contributed by atoms with E-state index in [0.717, 1.165) is 39.6 Å². The molecule has 0 bridgehead atoms. The summed E-state index contributed by atoms with van der Waals surface area (Å²) in [6, 6.07) is 22.7. The van der Waals surface area contributed by atoms with E-state index in [1.165, 1.54) is 0 Å². The van der Waals surface area contributed by atoms with Crippen molar-refractivity contribution in [2.45, 2.75) is 39.3 Å². The molecule has 8 heteroatoms. The first kappa shape index (κ1) is 25.5. The molecule has 3 heterocycles. The summed E-state index contributed by atoms with van der Waals surface area (Å²) in [5, 5.41) is 17.7. The maximum atomic E-state index is 12.9. The van der Waals surface area contributed by atoms with Crippen molar-refractivity contribution in [3.63, 3.8) is 0 Å². The highest BCUT2D eigenvalue weighted by molar-refractivity contribution is 7.80. The largest absolute Gasteiger partial charge is 0.506 e. The molecular weight excluding hydrogens is 494 g/mol. The van der Waals surface area contributed by atoms with Gasteiger partial charge in [-0.2, -0.15) is 0 Å². The minimum absolute atomic E-state index is 0.0678. The molecule has 0 saturated carbocycles. The van der Waals surface area contributed by atoms with E-state index in [9.17, 15) is 9.90 Å². The van der Waals surface area contributed by atoms with Crippen LogP contribution in [0.1, 0.15) is 46.7 Å². The number of thiocarbonyl (C=S) groups is 1. The Morgan fingerprint density at radius 3 is 2.53 bits per heavy atom. The van der Waals surface area contributed by atoms with Crippen LogP contribution in [0.25, 0.3) is 5.69 Å². The van der Waals surface area contributed by atoms with Crippen molar-refractivity contribution in [2.75, 3.05) is 11.9 Å². The summed E-state index contributed by atoms with van der Waals surface area (Å²) >= 11 is 5.80. The van der Waals surface area contributed by atoms with Crippen molar-refractivity contribution in [3.8, 4) is 11.4 Å². The Bertz CT molecular complexity index is 1480. The predicted molar refractivity (Wildman–Crippen MR) is 153 cm³/mol. The molecule has 7 nitrogen and oxygen atoms in total. The predicted octanol–water partition coefficient (Wildman–Crippen LogP) is 5.50. The molecule has 1 saturated heterocycles. The zero-order chi connectivity index (χ0) is 26.8. The topological polar surface area (TPSA) is 82.4 Å². The van der Waals surface area contributed by atoms with Crippen molar-refractivity contribution in [3.05, 3.63) is 107 Å². The van der Waals surface area contributed by atoms with E-state index in [0.29, 0.717) is 11.7 Å². The van der Waals surface area contributed by atoms with Gasteiger partial charge in [-0.15, -0.1) is 0 Å². The van der Waals surface area contributed by atoms with E-state index in [4.69, 9.17) is 12.2 Å². The molecule has 4 aromatic rings. The summed E-state index contributed by atoms with van der Waals surface area (Å²) in [5.41, 5.74) is 6.48. The van der Waals surface area contributed by atoms with Crippen LogP contribution in [0.15, 0.2) is 79.0 Å². The van der Waals surface area contributed by atoms with Crippen LogP contribution < -0.4 is 10.6 Å². The minimum Gasteiger partial charge on any atom is -0.506 e. The third-order valence-electron chi connectivity index (χ3n) is 7.11. The number of amides is 1. The minimum atomic E-state index is -0.193. The Kier molecular flexibility index (Phi) is 7.15. The Labute approximate surface area is 228 Å². The van der Waals surface area contributed by atoms with E-state index < -0.39 is 0 Å². The third kappa shape index (κ3) is 4.87. The second-order valence-electron chi connectivity index (χ2n) is 9.58. The second-order valence-corrected chi connectivity index (χ2v) is 9.97. The van der Waals surface area contributed by atoms with Gasteiger partial charge in [0, 0.05) is 36.2 Å². The fraction of sp³-hybridized carbons (Fsp3) is 0.233. The maximum Gasteiger partial charge on any atom is 0.226 e. The second kappa shape index (κ2) is 10.7. The quantitative estimate of drug-likeness (QED) is 0.276. The van der Waals surface area contributed by atoms with Crippen LogP contribution in [0.2, 0.25) is 0 Å². The van der Waals surface area contributed by atoms with E-state index >= 15 is 0 Å². The molecular formula is C30H31N5O2S. The van der Waals surface area contributed by atoms with Gasteiger partial charge >= 0.3 is 0 Å². The summed E-state index contributed by atoms with van der Waals surface area (Å²) in [6.07, 6.45) is 2.06. The number of phenols is 1. The summed E-state index contributed by atoms with van der Waals surface area (Å²) < 4.78 is 2.06. The van der Waals surface area contributed by atoms with Crippen molar-refractivity contribution in [2.24, 2.45) is 0 Å². The van der Waals surface area contributed by atoms with E-state index in [2.05, 4.69) is 38.1 Å². The van der Waals surface area contributed by atoms with Crippen LogP contribution in [0.5, 0.6) is 5.75 Å². The molecule has 3 N–H and O–H groups in total. The van der Waals surface area contributed by atoms with Crippen molar-refractivity contribution in [1.29, 1.82) is 0 Å². The van der Waals surface area contributed by atoms with Crippen LogP contribution >= 0.6 is 12.2 Å². The molecule has 0 aliphatic carbocycles. The number of pyridine rings is 1. The molecule has 1 aliphatic heterocycles. The Hall–Kier alpha value is -4.17. The van der Waals surface area contributed by atoms with Gasteiger partial charge in [0.1, 0.15) is 5.75 Å². The molecule has 1 aliphatic rings. The van der Waals surface area contributed by atoms with Gasteiger partial charge in [-0.3, -0.25) is 9.78 Å². The van der Waals surface area contributed by atoms with E-state index in [-0.39, 0.29) is 30.2 Å². The number of hydrogen-bond acceptors (Lipinski definition) is 4. The number of aromatic hydroxyl groups is 1. The molecule has 1 amide bonds. The average molecular weight is 526 g/mol. The number of carbonyl (C=O) groups is 1. The first-order valence-electron chi connectivity index (χ1n) is 12.7. The summed E-state index contributed by atoms with van der Waals surface area (Å²) in [6.45, 7) is 6.49. The standard InChI is InChI=1S/C30H31N5O2S/c1-19-10-4-5-11-23(19)32-27(37)15-17-34-29(28(33-30(34)38)24-12-8-9-16-31-24)22-18-20(2)35(21(22)3)25-13-6-7-14-26(25)36/h4-14,16,18,28-29,36H,15,17H2,1-3H3,(H,32,37)(H,33,38)/t28-,29-/m0/s1. The van der Waals surface area contributed by atoms with Gasteiger partial charge in [0.05, 0.1) is 23.5 Å². The number of nitrogens with one attached hydrogen (secondary N) is 2. The van der Waals surface area contributed by atoms with Gasteiger partial charge in [-0.05, 0) is 80.5 Å². The molecule has 194 valence electrons. The fourth-order valence-electron chi connectivity index (χ4n) is 5.24. The molecule has 38 heavy (non-hydrogen) atoms. The van der Waals surface area contributed by atoms with Crippen molar-refractivity contribution in [1.82, 2.24) is 19.8 Å². The molecule has 0 spiro atoms. The lowest BCUT2D eigenvalue weighted by atomic mass is 9.96. The molecule has 2 aromatic heterocycles. The van der Waals surface area contributed by atoms with Gasteiger partial charge in [0.2, 0.25) is 5.91 Å². The highest BCUT2D eigenvalue weighted by Gasteiger charge is 2.41. The number of carbonyl (C=O) groups excluding carboxylic acids is 1. The van der Waals surface area contributed by atoms with E-state index in [1.807, 2.05) is 74.5 Å². The van der Waals surface area contributed by atoms with Crippen LogP contribution in [-0.4, -0.2) is 37.1 Å². The molecule has 2 aromatic carbocycles. The zero-order valence-corrected chi connectivity index (χ0v) is 22.5. The summed E-state index contributed by atoms with van der Waals surface area (Å²) in [7, 11) is 0. The number of para-hydroxylation sites is 3. The zero-order valence-electron chi connectivity index (χ0n) is 21.7.